The van der Waals surface area contributed by atoms with Gasteiger partial charge in [0.05, 0.1) is 6.61 Å². The van der Waals surface area contributed by atoms with Crippen LogP contribution < -0.4 is 4.74 Å². The average molecular weight is 397 g/mol. The molecule has 6 heteroatoms. The number of rotatable bonds is 7. The van der Waals surface area contributed by atoms with E-state index in [1.54, 1.807) is 41.6 Å². The summed E-state index contributed by atoms with van der Waals surface area (Å²) >= 11 is 3.40. The Morgan fingerprint density at radius 1 is 1.00 bits per heavy atom. The molecule has 0 aliphatic heterocycles. The fourth-order valence-corrected chi connectivity index (χ4v) is 4.60. The number of thiophene rings is 1. The van der Waals surface area contributed by atoms with E-state index in [9.17, 15) is 4.39 Å². The molecule has 0 atom stereocenters. The molecular formula is C21H17FN2OS2. The second kappa shape index (κ2) is 8.50. The van der Waals surface area contributed by atoms with Crippen molar-refractivity contribution in [2.75, 3.05) is 12.4 Å². The number of hydrogen-bond donors (Lipinski definition) is 0. The number of halogens is 1. The van der Waals surface area contributed by atoms with E-state index in [0.717, 1.165) is 27.4 Å². The van der Waals surface area contributed by atoms with Gasteiger partial charge in [0.1, 0.15) is 27.8 Å². The molecule has 0 N–H and O–H groups in total. The molecule has 2 heterocycles. The van der Waals surface area contributed by atoms with Crippen LogP contribution in [0.2, 0.25) is 0 Å². The molecule has 0 aliphatic carbocycles. The molecule has 0 fully saturated rings. The highest BCUT2D eigenvalue weighted by Gasteiger charge is 2.10. The molecule has 3 nitrogen and oxygen atoms in total. The largest absolute Gasteiger partial charge is 0.494 e. The summed E-state index contributed by atoms with van der Waals surface area (Å²) in [5.74, 6) is 1.33. The summed E-state index contributed by atoms with van der Waals surface area (Å²) in [4.78, 5) is 11.1. The molecule has 0 radical (unpaired) electrons. The minimum atomic E-state index is -0.253. The lowest BCUT2D eigenvalue weighted by molar-refractivity contribution is 0.318. The number of thioether (sulfide) groups is 1. The maximum Gasteiger partial charge on any atom is 0.128 e. The van der Waals surface area contributed by atoms with Crippen molar-refractivity contribution in [2.45, 2.75) is 11.4 Å². The van der Waals surface area contributed by atoms with Gasteiger partial charge in [-0.3, -0.25) is 0 Å². The van der Waals surface area contributed by atoms with E-state index in [-0.39, 0.29) is 5.82 Å². The van der Waals surface area contributed by atoms with Crippen LogP contribution in [-0.4, -0.2) is 22.3 Å². The summed E-state index contributed by atoms with van der Waals surface area (Å²) in [7, 11) is 0. The van der Waals surface area contributed by atoms with Crippen molar-refractivity contribution in [1.29, 1.82) is 0 Å². The van der Waals surface area contributed by atoms with E-state index in [1.165, 1.54) is 22.6 Å². The van der Waals surface area contributed by atoms with E-state index >= 15 is 0 Å². The molecule has 0 spiro atoms. The standard InChI is InChI=1S/C21H17FN2OS2/c22-16-7-9-17(10-8-16)25-11-4-12-26-20-18-13-19(15-5-2-1-3-6-15)27-21(18)24-14-23-20/h1-3,5-10,13-14H,4,11-12H2. The fraction of sp³-hybridized carbons (Fsp3) is 0.143. The molecule has 0 amide bonds. The minimum Gasteiger partial charge on any atom is -0.494 e. The molecule has 0 aliphatic rings. The van der Waals surface area contributed by atoms with E-state index in [1.807, 2.05) is 18.2 Å². The predicted molar refractivity (Wildman–Crippen MR) is 110 cm³/mol. The zero-order valence-electron chi connectivity index (χ0n) is 14.5. The highest BCUT2D eigenvalue weighted by atomic mass is 32.2. The molecule has 27 heavy (non-hydrogen) atoms. The van der Waals surface area contributed by atoms with Gasteiger partial charge in [-0.25, -0.2) is 14.4 Å². The summed E-state index contributed by atoms with van der Waals surface area (Å²) in [6, 6.07) is 18.6. The molecule has 2 aromatic heterocycles. The lowest BCUT2D eigenvalue weighted by Gasteiger charge is -2.06. The number of fused-ring (bicyclic) bond motifs is 1. The maximum absolute atomic E-state index is 12.9. The van der Waals surface area contributed by atoms with Crippen molar-refractivity contribution in [3.05, 3.63) is 72.8 Å². The first-order valence-electron chi connectivity index (χ1n) is 8.61. The molecule has 0 bridgehead atoms. The lowest BCUT2D eigenvalue weighted by atomic mass is 10.2. The summed E-state index contributed by atoms with van der Waals surface area (Å²) in [5, 5.41) is 2.10. The molecule has 0 saturated carbocycles. The molecule has 136 valence electrons. The van der Waals surface area contributed by atoms with Gasteiger partial charge in [0.2, 0.25) is 0 Å². The number of aromatic nitrogens is 2. The summed E-state index contributed by atoms with van der Waals surface area (Å²) in [6.45, 7) is 0.589. The number of benzene rings is 2. The first-order chi connectivity index (χ1) is 13.3. The van der Waals surface area contributed by atoms with E-state index in [4.69, 9.17) is 4.74 Å². The summed E-state index contributed by atoms with van der Waals surface area (Å²) in [5.41, 5.74) is 1.20. The summed E-state index contributed by atoms with van der Waals surface area (Å²) < 4.78 is 18.5. The van der Waals surface area contributed by atoms with E-state index in [0.29, 0.717) is 12.4 Å². The Morgan fingerprint density at radius 3 is 2.63 bits per heavy atom. The van der Waals surface area contributed by atoms with Crippen molar-refractivity contribution in [1.82, 2.24) is 9.97 Å². The van der Waals surface area contributed by atoms with Crippen LogP contribution in [0.1, 0.15) is 6.42 Å². The van der Waals surface area contributed by atoms with Gasteiger partial charge in [0, 0.05) is 16.0 Å². The second-order valence-electron chi connectivity index (χ2n) is 5.88. The smallest absolute Gasteiger partial charge is 0.128 e. The molecule has 4 rings (SSSR count). The molecular weight excluding hydrogens is 379 g/mol. The van der Waals surface area contributed by atoms with E-state index < -0.39 is 0 Å². The van der Waals surface area contributed by atoms with Crippen LogP contribution in [0.25, 0.3) is 20.7 Å². The Morgan fingerprint density at radius 2 is 1.81 bits per heavy atom. The monoisotopic (exact) mass is 396 g/mol. The Hall–Kier alpha value is -2.44. The number of ether oxygens (including phenoxy) is 1. The SMILES string of the molecule is Fc1ccc(OCCCSc2ncnc3sc(-c4ccccc4)cc23)cc1. The third-order valence-electron chi connectivity index (χ3n) is 3.96. The molecule has 0 saturated heterocycles. The van der Waals surface area contributed by atoms with Crippen molar-refractivity contribution >= 4 is 33.3 Å². The summed E-state index contributed by atoms with van der Waals surface area (Å²) in [6.07, 6.45) is 2.51. The fourth-order valence-electron chi connectivity index (χ4n) is 2.64. The van der Waals surface area contributed by atoms with Crippen molar-refractivity contribution in [3.8, 4) is 16.2 Å². The van der Waals surface area contributed by atoms with Crippen molar-refractivity contribution in [2.24, 2.45) is 0 Å². The third kappa shape index (κ3) is 4.46. The predicted octanol–water partition coefficient (Wildman–Crippen LogP) is 6.06. The van der Waals surface area contributed by atoms with E-state index in [2.05, 4.69) is 28.2 Å². The normalized spacial score (nSPS) is 11.0. The van der Waals surface area contributed by atoms with Gasteiger partial charge >= 0.3 is 0 Å². The highest BCUT2D eigenvalue weighted by Crippen LogP contribution is 2.36. The van der Waals surface area contributed by atoms with Gasteiger partial charge < -0.3 is 4.74 Å². The van der Waals surface area contributed by atoms with Gasteiger partial charge in [-0.2, -0.15) is 0 Å². The zero-order valence-corrected chi connectivity index (χ0v) is 16.1. The average Bonchev–Trinajstić information content (AvgIpc) is 3.15. The molecule has 2 aromatic carbocycles. The first-order valence-corrected chi connectivity index (χ1v) is 10.4. The first kappa shape index (κ1) is 17.9. The van der Waals surface area contributed by atoms with Gasteiger partial charge in [-0.15, -0.1) is 23.1 Å². The van der Waals surface area contributed by atoms with Crippen molar-refractivity contribution in [3.63, 3.8) is 0 Å². The minimum absolute atomic E-state index is 0.253. The third-order valence-corrected chi connectivity index (χ3v) is 6.14. The topological polar surface area (TPSA) is 35.0 Å². The van der Waals surface area contributed by atoms with Crippen LogP contribution in [0.4, 0.5) is 4.39 Å². The zero-order chi connectivity index (χ0) is 18.5. The molecule has 4 aromatic rings. The van der Waals surface area contributed by atoms with Gasteiger partial charge in [-0.1, -0.05) is 30.3 Å². The van der Waals surface area contributed by atoms with Gasteiger partial charge in [-0.05, 0) is 42.3 Å². The highest BCUT2D eigenvalue weighted by molar-refractivity contribution is 7.99. The maximum atomic E-state index is 12.9. The Balaban J connectivity index is 1.37. The van der Waals surface area contributed by atoms with Crippen LogP contribution in [0.3, 0.4) is 0 Å². The van der Waals surface area contributed by atoms with Gasteiger partial charge in [0.15, 0.2) is 0 Å². The van der Waals surface area contributed by atoms with Crippen LogP contribution >= 0.6 is 23.1 Å². The van der Waals surface area contributed by atoms with Crippen LogP contribution in [-0.2, 0) is 0 Å². The van der Waals surface area contributed by atoms with Gasteiger partial charge in [0.25, 0.3) is 0 Å². The number of hydrogen-bond acceptors (Lipinski definition) is 5. The second-order valence-corrected chi connectivity index (χ2v) is 7.99. The Labute approximate surface area is 165 Å². The molecule has 0 unspecified atom stereocenters. The Kier molecular flexibility index (Phi) is 5.65. The van der Waals surface area contributed by atoms with Crippen LogP contribution in [0, 0.1) is 5.82 Å². The van der Waals surface area contributed by atoms with Crippen LogP contribution in [0.15, 0.2) is 72.0 Å². The Bertz CT molecular complexity index is 1020. The van der Waals surface area contributed by atoms with Crippen molar-refractivity contribution < 1.29 is 9.13 Å². The van der Waals surface area contributed by atoms with Crippen LogP contribution in [0.5, 0.6) is 5.75 Å². The quantitative estimate of drug-likeness (QED) is 0.216. The number of nitrogens with zero attached hydrogens (tertiary/aromatic N) is 2. The lowest BCUT2D eigenvalue weighted by Crippen LogP contribution is -1.99.